The normalized spacial score (nSPS) is 11.7. The predicted molar refractivity (Wildman–Crippen MR) is 125 cm³/mol. The van der Waals surface area contributed by atoms with E-state index in [0.717, 1.165) is 16.0 Å². The molecule has 0 aliphatic heterocycles. The van der Waals surface area contributed by atoms with Gasteiger partial charge in [0.05, 0.1) is 10.6 Å². The maximum atomic E-state index is 13.2. The molecule has 0 bridgehead atoms. The summed E-state index contributed by atoms with van der Waals surface area (Å²) in [5, 5.41) is 7.57. The van der Waals surface area contributed by atoms with E-state index in [2.05, 4.69) is 15.4 Å². The first-order valence-electron chi connectivity index (χ1n) is 10.2. The van der Waals surface area contributed by atoms with Crippen LogP contribution in [0.5, 0.6) is 0 Å². The molecule has 2 aromatic carbocycles. The largest absolute Gasteiger partial charge is 0.363 e. The van der Waals surface area contributed by atoms with Crippen LogP contribution in [-0.4, -0.2) is 38.4 Å². The van der Waals surface area contributed by atoms with Crippen LogP contribution in [-0.2, 0) is 16.0 Å². The molecule has 0 radical (unpaired) electrons. The van der Waals surface area contributed by atoms with Crippen molar-refractivity contribution in [2.45, 2.75) is 19.4 Å². The molecule has 2 amide bonds. The van der Waals surface area contributed by atoms with Crippen LogP contribution in [0.2, 0.25) is 0 Å². The van der Waals surface area contributed by atoms with Crippen molar-refractivity contribution in [1.29, 1.82) is 0 Å². The van der Waals surface area contributed by atoms with E-state index in [0.29, 0.717) is 10.8 Å². The molecule has 0 aliphatic carbocycles. The average Bonchev–Trinajstić information content (AvgIpc) is 3.46. The number of thiazole rings is 1. The highest BCUT2D eigenvalue weighted by Gasteiger charge is 2.28. The van der Waals surface area contributed by atoms with Crippen LogP contribution < -0.4 is 11.1 Å². The highest BCUT2D eigenvalue weighted by molar-refractivity contribution is 7.17. The van der Waals surface area contributed by atoms with E-state index >= 15 is 0 Å². The van der Waals surface area contributed by atoms with Gasteiger partial charge in [-0.1, -0.05) is 72.0 Å². The van der Waals surface area contributed by atoms with E-state index in [1.807, 2.05) is 60.7 Å². The minimum atomic E-state index is -1.10. The molecule has 2 aromatic heterocycles. The molecule has 4 aromatic rings. The Morgan fingerprint density at radius 1 is 1.06 bits per heavy atom. The van der Waals surface area contributed by atoms with Crippen LogP contribution in [0.4, 0.5) is 0 Å². The molecule has 33 heavy (non-hydrogen) atoms. The van der Waals surface area contributed by atoms with Crippen LogP contribution in [0, 0.1) is 6.92 Å². The molecule has 0 spiro atoms. The molecule has 8 nitrogen and oxygen atoms in total. The van der Waals surface area contributed by atoms with E-state index in [4.69, 9.17) is 5.73 Å². The lowest BCUT2D eigenvalue weighted by molar-refractivity contribution is -0.137. The van der Waals surface area contributed by atoms with Crippen molar-refractivity contribution in [3.05, 3.63) is 89.9 Å². The summed E-state index contributed by atoms with van der Waals surface area (Å²) in [6, 6.07) is 19.3. The second kappa shape index (κ2) is 9.58. The first kappa shape index (κ1) is 22.1. The number of hydrogen-bond donors (Lipinski definition) is 2. The van der Waals surface area contributed by atoms with Gasteiger partial charge in [-0.3, -0.25) is 14.4 Å². The Morgan fingerprint density at radius 2 is 1.73 bits per heavy atom. The molecule has 0 aliphatic rings. The van der Waals surface area contributed by atoms with Gasteiger partial charge in [0.15, 0.2) is 0 Å². The summed E-state index contributed by atoms with van der Waals surface area (Å²) in [5.41, 5.74) is 7.83. The number of aromatic nitrogens is 3. The fourth-order valence-corrected chi connectivity index (χ4v) is 4.26. The number of carbonyl (C=O) groups is 3. The summed E-state index contributed by atoms with van der Waals surface area (Å²) < 4.78 is 1.44. The number of hydrogen-bond acceptors (Lipinski definition) is 6. The molecule has 0 fully saturated rings. The molecular formula is C24H21N5O3S. The summed E-state index contributed by atoms with van der Waals surface area (Å²) in [5.74, 6) is -2.52. The maximum absolute atomic E-state index is 13.2. The number of nitrogens with two attached hydrogens (primary N) is 1. The van der Waals surface area contributed by atoms with E-state index in [9.17, 15) is 14.4 Å². The van der Waals surface area contributed by atoms with Gasteiger partial charge in [0.25, 0.3) is 11.8 Å². The predicted octanol–water partition coefficient (Wildman–Crippen LogP) is 2.70. The zero-order valence-electron chi connectivity index (χ0n) is 17.8. The van der Waals surface area contributed by atoms with Gasteiger partial charge in [0, 0.05) is 12.6 Å². The summed E-state index contributed by atoms with van der Waals surface area (Å²) in [6.07, 6.45) is 1.86. The van der Waals surface area contributed by atoms with Gasteiger partial charge >= 0.3 is 0 Å². The van der Waals surface area contributed by atoms with Gasteiger partial charge in [-0.25, -0.2) is 9.67 Å². The number of ketones is 1. The first-order chi connectivity index (χ1) is 15.9. The highest BCUT2D eigenvalue weighted by Crippen LogP contribution is 2.28. The van der Waals surface area contributed by atoms with E-state index in [1.54, 1.807) is 19.2 Å². The third-order valence-electron chi connectivity index (χ3n) is 4.94. The number of rotatable bonds is 8. The number of aryl methyl sites for hydroxylation is 1. The van der Waals surface area contributed by atoms with Gasteiger partial charge < -0.3 is 11.1 Å². The molecule has 3 N–H and O–H groups in total. The SMILES string of the molecule is Cc1cc(C(=O)N[C@@H](Cc2ccccc2)C(=O)C(N)=O)n(-c2ncc(-c3ccccc3)s2)n1. The number of Topliss-reactive ketones (excluding diaryl/α,β-unsaturated/α-hetero) is 1. The lowest BCUT2D eigenvalue weighted by Gasteiger charge is -2.16. The fourth-order valence-electron chi connectivity index (χ4n) is 3.37. The van der Waals surface area contributed by atoms with Gasteiger partial charge in [0.1, 0.15) is 11.7 Å². The summed E-state index contributed by atoms with van der Waals surface area (Å²) in [7, 11) is 0. The van der Waals surface area contributed by atoms with Crippen molar-refractivity contribution < 1.29 is 14.4 Å². The quantitative estimate of drug-likeness (QED) is 0.393. The lowest BCUT2D eigenvalue weighted by Crippen LogP contribution is -2.47. The van der Waals surface area contributed by atoms with Crippen LogP contribution in [0.3, 0.4) is 0 Å². The van der Waals surface area contributed by atoms with E-state index < -0.39 is 23.6 Å². The van der Waals surface area contributed by atoms with Gasteiger partial charge in [-0.2, -0.15) is 5.10 Å². The summed E-state index contributed by atoms with van der Waals surface area (Å²) in [4.78, 5) is 42.5. The molecule has 1 atom stereocenters. The fraction of sp³-hybridized carbons (Fsp3) is 0.125. The van der Waals surface area contributed by atoms with E-state index in [1.165, 1.54) is 16.0 Å². The second-order valence-electron chi connectivity index (χ2n) is 7.40. The number of primary amides is 1. The Balaban J connectivity index is 1.61. The zero-order chi connectivity index (χ0) is 23.4. The molecule has 0 unspecified atom stereocenters. The van der Waals surface area contributed by atoms with Crippen LogP contribution in [0.15, 0.2) is 72.9 Å². The van der Waals surface area contributed by atoms with Crippen molar-refractivity contribution >= 4 is 28.9 Å². The van der Waals surface area contributed by atoms with Crippen molar-refractivity contribution in [2.24, 2.45) is 5.73 Å². The topological polar surface area (TPSA) is 120 Å². The third kappa shape index (κ3) is 5.04. The highest BCUT2D eigenvalue weighted by atomic mass is 32.1. The monoisotopic (exact) mass is 459 g/mol. The van der Waals surface area contributed by atoms with Gasteiger partial charge in [0.2, 0.25) is 10.9 Å². The van der Waals surface area contributed by atoms with Crippen molar-refractivity contribution in [2.75, 3.05) is 0 Å². The van der Waals surface area contributed by atoms with E-state index in [-0.39, 0.29) is 12.1 Å². The summed E-state index contributed by atoms with van der Waals surface area (Å²) in [6.45, 7) is 1.76. The van der Waals surface area contributed by atoms with Crippen LogP contribution in [0.25, 0.3) is 15.6 Å². The molecule has 0 saturated carbocycles. The summed E-state index contributed by atoms with van der Waals surface area (Å²) >= 11 is 1.38. The number of carbonyl (C=O) groups excluding carboxylic acids is 3. The Labute approximate surface area is 194 Å². The molecule has 2 heterocycles. The number of nitrogens with one attached hydrogen (secondary N) is 1. The average molecular weight is 460 g/mol. The molecule has 166 valence electrons. The lowest BCUT2D eigenvalue weighted by atomic mass is 10.0. The van der Waals surface area contributed by atoms with Crippen molar-refractivity contribution in [3.63, 3.8) is 0 Å². The maximum Gasteiger partial charge on any atom is 0.287 e. The molecular weight excluding hydrogens is 438 g/mol. The zero-order valence-corrected chi connectivity index (χ0v) is 18.6. The molecule has 0 saturated heterocycles. The van der Waals surface area contributed by atoms with Crippen LogP contribution in [0.1, 0.15) is 21.7 Å². The number of benzene rings is 2. The molecule has 4 rings (SSSR count). The Morgan fingerprint density at radius 3 is 2.39 bits per heavy atom. The Kier molecular flexibility index (Phi) is 6.41. The minimum Gasteiger partial charge on any atom is -0.363 e. The minimum absolute atomic E-state index is 0.136. The van der Waals surface area contributed by atoms with Crippen molar-refractivity contribution in [1.82, 2.24) is 20.1 Å². The molecule has 9 heteroatoms. The van der Waals surface area contributed by atoms with Crippen LogP contribution >= 0.6 is 11.3 Å². The van der Waals surface area contributed by atoms with Gasteiger partial charge in [-0.15, -0.1) is 0 Å². The number of nitrogens with zero attached hydrogens (tertiary/aromatic N) is 3. The smallest absolute Gasteiger partial charge is 0.287 e. The van der Waals surface area contributed by atoms with Gasteiger partial charge in [-0.05, 0) is 24.1 Å². The first-order valence-corrected chi connectivity index (χ1v) is 11.0. The Hall–Kier alpha value is -4.11. The Bertz CT molecular complexity index is 1300. The van der Waals surface area contributed by atoms with Crippen molar-refractivity contribution in [3.8, 4) is 15.6 Å². The third-order valence-corrected chi connectivity index (χ3v) is 5.97. The standard InChI is InChI=1S/C24H21N5O3S/c1-15-12-19(29(28-15)24-26-14-20(33-24)17-10-6-3-7-11-17)23(32)27-18(21(30)22(25)31)13-16-8-4-2-5-9-16/h2-12,14,18H,13H2,1H3,(H2,25,31)(H,27,32)/t18-/m0/s1. The number of amides is 2. The second-order valence-corrected chi connectivity index (χ2v) is 8.41.